The van der Waals surface area contributed by atoms with E-state index in [0.717, 1.165) is 16.7 Å². The summed E-state index contributed by atoms with van der Waals surface area (Å²) < 4.78 is 16.0. The largest absolute Gasteiger partial charge is 0.497 e. The molecule has 2 aromatic carbocycles. The van der Waals surface area contributed by atoms with Crippen LogP contribution in [0.5, 0.6) is 17.2 Å². The van der Waals surface area contributed by atoms with Gasteiger partial charge in [-0.2, -0.15) is 5.26 Å². The molecule has 3 rings (SSSR count). The Bertz CT molecular complexity index is 1110. The van der Waals surface area contributed by atoms with Gasteiger partial charge in [0.05, 0.1) is 43.3 Å². The lowest BCUT2D eigenvalue weighted by atomic mass is 10.1. The van der Waals surface area contributed by atoms with Crippen molar-refractivity contribution < 1.29 is 19.0 Å². The van der Waals surface area contributed by atoms with E-state index in [1.807, 2.05) is 25.1 Å². The molecular formula is C22H21N3O4S. The average molecular weight is 423 g/mol. The number of aromatic nitrogens is 1. The van der Waals surface area contributed by atoms with E-state index in [2.05, 4.69) is 16.4 Å². The number of nitrogens with one attached hydrogen (secondary N) is 1. The minimum absolute atomic E-state index is 0.0966. The first-order chi connectivity index (χ1) is 14.6. The number of rotatable bonds is 8. The fourth-order valence-electron chi connectivity index (χ4n) is 2.81. The van der Waals surface area contributed by atoms with Crippen molar-refractivity contribution in [3.05, 3.63) is 48.0 Å². The molecule has 1 N–H and O–H groups in total. The van der Waals surface area contributed by atoms with Crippen LogP contribution in [0.15, 0.2) is 47.5 Å². The van der Waals surface area contributed by atoms with Crippen molar-refractivity contribution in [2.24, 2.45) is 0 Å². The number of amides is 1. The number of ether oxygens (including phenoxy) is 3. The zero-order valence-corrected chi connectivity index (χ0v) is 17.7. The number of anilines is 1. The maximum Gasteiger partial charge on any atom is 0.234 e. The topological polar surface area (TPSA) is 93.5 Å². The minimum atomic E-state index is -0.235. The van der Waals surface area contributed by atoms with E-state index >= 15 is 0 Å². The Labute approximate surface area is 179 Å². The lowest BCUT2D eigenvalue weighted by molar-refractivity contribution is -0.113. The van der Waals surface area contributed by atoms with E-state index in [1.54, 1.807) is 31.4 Å². The summed E-state index contributed by atoms with van der Waals surface area (Å²) in [6.45, 7) is 2.47. The molecule has 0 aliphatic rings. The fraction of sp³-hybridized carbons (Fsp3) is 0.227. The molecule has 1 aromatic heterocycles. The molecule has 0 radical (unpaired) electrons. The number of pyridine rings is 1. The molecule has 3 aromatic rings. The second-order valence-corrected chi connectivity index (χ2v) is 7.11. The van der Waals surface area contributed by atoms with Gasteiger partial charge in [-0.1, -0.05) is 11.8 Å². The SMILES string of the molecule is CCOc1ccc2nc(SCC(=O)Nc3ccc(OC)cc3OC)c(C#N)cc2c1. The van der Waals surface area contributed by atoms with Crippen LogP contribution in [-0.2, 0) is 4.79 Å². The maximum absolute atomic E-state index is 12.4. The number of nitrogens with zero attached hydrogens (tertiary/aromatic N) is 2. The third-order valence-corrected chi connectivity index (χ3v) is 5.20. The van der Waals surface area contributed by atoms with Crippen LogP contribution in [0.3, 0.4) is 0 Å². The molecule has 0 fully saturated rings. The van der Waals surface area contributed by atoms with Gasteiger partial charge >= 0.3 is 0 Å². The highest BCUT2D eigenvalue weighted by atomic mass is 32.2. The van der Waals surface area contributed by atoms with Gasteiger partial charge in [0.15, 0.2) is 0 Å². The van der Waals surface area contributed by atoms with E-state index in [9.17, 15) is 10.1 Å². The third kappa shape index (κ3) is 4.93. The highest BCUT2D eigenvalue weighted by Crippen LogP contribution is 2.30. The Hall–Kier alpha value is -3.44. The summed E-state index contributed by atoms with van der Waals surface area (Å²) in [6, 6.07) is 14.6. The Morgan fingerprint density at radius 2 is 1.93 bits per heavy atom. The Morgan fingerprint density at radius 1 is 1.13 bits per heavy atom. The molecule has 154 valence electrons. The molecule has 30 heavy (non-hydrogen) atoms. The van der Waals surface area contributed by atoms with E-state index in [-0.39, 0.29) is 11.7 Å². The molecule has 1 heterocycles. The molecule has 0 aliphatic carbocycles. The van der Waals surface area contributed by atoms with Crippen LogP contribution in [0.2, 0.25) is 0 Å². The van der Waals surface area contributed by atoms with Crippen LogP contribution in [0.25, 0.3) is 10.9 Å². The second kappa shape index (κ2) is 9.85. The van der Waals surface area contributed by atoms with Crippen LogP contribution in [-0.4, -0.2) is 37.5 Å². The second-order valence-electron chi connectivity index (χ2n) is 6.14. The summed E-state index contributed by atoms with van der Waals surface area (Å²) in [6.07, 6.45) is 0. The van der Waals surface area contributed by atoms with E-state index in [4.69, 9.17) is 14.2 Å². The Morgan fingerprint density at radius 3 is 2.63 bits per heavy atom. The number of benzene rings is 2. The average Bonchev–Trinajstić information content (AvgIpc) is 2.77. The molecule has 0 saturated carbocycles. The van der Waals surface area contributed by atoms with Gasteiger partial charge in [-0.05, 0) is 43.3 Å². The zero-order valence-electron chi connectivity index (χ0n) is 16.9. The van der Waals surface area contributed by atoms with Crippen LogP contribution >= 0.6 is 11.8 Å². The number of hydrogen-bond donors (Lipinski definition) is 1. The van der Waals surface area contributed by atoms with E-state index < -0.39 is 0 Å². The molecular weight excluding hydrogens is 402 g/mol. The van der Waals surface area contributed by atoms with Gasteiger partial charge in [0.25, 0.3) is 0 Å². The summed E-state index contributed by atoms with van der Waals surface area (Å²) in [7, 11) is 3.08. The molecule has 7 nitrogen and oxygen atoms in total. The number of fused-ring (bicyclic) bond motifs is 1. The standard InChI is InChI=1S/C22H21N3O4S/c1-4-29-17-6-7-18-14(10-17)9-15(12-23)22(25-18)30-13-21(26)24-19-8-5-16(27-2)11-20(19)28-3/h5-11H,4,13H2,1-3H3,(H,24,26). The number of nitriles is 1. The molecule has 1 amide bonds. The first-order valence-electron chi connectivity index (χ1n) is 9.20. The van der Waals surface area contributed by atoms with Crippen molar-refractivity contribution >= 4 is 34.3 Å². The van der Waals surface area contributed by atoms with Gasteiger partial charge in [-0.25, -0.2) is 4.98 Å². The van der Waals surface area contributed by atoms with Crippen LogP contribution < -0.4 is 19.5 Å². The van der Waals surface area contributed by atoms with Gasteiger partial charge in [0, 0.05) is 11.5 Å². The smallest absolute Gasteiger partial charge is 0.234 e. The molecule has 0 aliphatic heterocycles. The zero-order chi connectivity index (χ0) is 21.5. The van der Waals surface area contributed by atoms with Gasteiger partial charge < -0.3 is 19.5 Å². The number of methoxy groups -OCH3 is 2. The van der Waals surface area contributed by atoms with Gasteiger partial charge in [0.2, 0.25) is 5.91 Å². The molecule has 0 bridgehead atoms. The van der Waals surface area contributed by atoms with Crippen molar-refractivity contribution in [2.45, 2.75) is 11.9 Å². The highest BCUT2D eigenvalue weighted by molar-refractivity contribution is 8.00. The lowest BCUT2D eigenvalue weighted by Gasteiger charge is -2.12. The van der Waals surface area contributed by atoms with Crippen LogP contribution in [0.1, 0.15) is 12.5 Å². The molecule has 0 atom stereocenters. The number of carbonyl (C=O) groups is 1. The van der Waals surface area contributed by atoms with Crippen molar-refractivity contribution in [3.8, 4) is 23.3 Å². The monoisotopic (exact) mass is 423 g/mol. The summed E-state index contributed by atoms with van der Waals surface area (Å²) in [5, 5.41) is 13.6. The summed E-state index contributed by atoms with van der Waals surface area (Å²) in [5.41, 5.74) is 1.69. The van der Waals surface area contributed by atoms with E-state index in [0.29, 0.717) is 34.4 Å². The first-order valence-corrected chi connectivity index (χ1v) is 10.2. The number of thioether (sulfide) groups is 1. The van der Waals surface area contributed by atoms with Gasteiger partial charge in [0.1, 0.15) is 28.3 Å². The van der Waals surface area contributed by atoms with Crippen molar-refractivity contribution in [1.29, 1.82) is 5.26 Å². The predicted octanol–water partition coefficient (Wildman–Crippen LogP) is 4.25. The summed E-state index contributed by atoms with van der Waals surface area (Å²) in [5.74, 6) is 1.72. The molecule has 0 saturated heterocycles. The fourth-order valence-corrected chi connectivity index (χ4v) is 3.57. The predicted molar refractivity (Wildman–Crippen MR) is 117 cm³/mol. The van der Waals surface area contributed by atoms with E-state index in [1.165, 1.54) is 18.9 Å². The number of carbonyl (C=O) groups excluding carboxylic acids is 1. The summed E-state index contributed by atoms with van der Waals surface area (Å²) in [4.78, 5) is 17.0. The number of hydrogen-bond acceptors (Lipinski definition) is 7. The summed E-state index contributed by atoms with van der Waals surface area (Å²) >= 11 is 1.21. The minimum Gasteiger partial charge on any atom is -0.497 e. The normalized spacial score (nSPS) is 10.3. The van der Waals surface area contributed by atoms with Gasteiger partial charge in [-0.15, -0.1) is 0 Å². The van der Waals surface area contributed by atoms with Crippen molar-refractivity contribution in [3.63, 3.8) is 0 Å². The highest BCUT2D eigenvalue weighted by Gasteiger charge is 2.13. The maximum atomic E-state index is 12.4. The molecule has 8 heteroatoms. The Balaban J connectivity index is 1.74. The third-order valence-electron chi connectivity index (χ3n) is 4.21. The van der Waals surface area contributed by atoms with Crippen molar-refractivity contribution in [2.75, 3.05) is 31.9 Å². The lowest BCUT2D eigenvalue weighted by Crippen LogP contribution is -2.15. The van der Waals surface area contributed by atoms with Crippen molar-refractivity contribution in [1.82, 2.24) is 4.98 Å². The quantitative estimate of drug-likeness (QED) is 0.541. The molecule has 0 spiro atoms. The van der Waals surface area contributed by atoms with Crippen LogP contribution in [0.4, 0.5) is 5.69 Å². The molecule has 0 unspecified atom stereocenters. The van der Waals surface area contributed by atoms with Gasteiger partial charge in [-0.3, -0.25) is 4.79 Å². The Kier molecular flexibility index (Phi) is 6.99. The first kappa shape index (κ1) is 21.3. The van der Waals surface area contributed by atoms with Crippen LogP contribution in [0, 0.1) is 11.3 Å².